The van der Waals surface area contributed by atoms with Crippen LogP contribution in [0.1, 0.15) is 15.9 Å². The van der Waals surface area contributed by atoms with E-state index in [1.54, 1.807) is 0 Å². The van der Waals surface area contributed by atoms with Gasteiger partial charge in [0.05, 0.1) is 15.8 Å². The topological polar surface area (TPSA) is 60.2 Å². The molecule has 0 aliphatic carbocycles. The number of ketones is 1. The van der Waals surface area contributed by atoms with Crippen molar-refractivity contribution in [3.8, 4) is 0 Å². The number of carbonyl (C=O) groups excluding carboxylic acids is 1. The number of benzene rings is 1. The second-order valence-electron chi connectivity index (χ2n) is 3.13. The van der Waals surface area contributed by atoms with E-state index in [1.807, 2.05) is 0 Å². The minimum atomic E-state index is -4.86. The maximum atomic E-state index is 12.8. The van der Waals surface area contributed by atoms with Crippen molar-refractivity contribution in [1.29, 1.82) is 0 Å². The van der Waals surface area contributed by atoms with E-state index in [4.69, 9.17) is 0 Å². The van der Waals surface area contributed by atoms with Crippen LogP contribution in [-0.2, 0) is 6.18 Å². The monoisotopic (exact) mass is 389 g/mol. The summed E-state index contributed by atoms with van der Waals surface area (Å²) in [6.45, 7) is 0. The molecule has 0 bridgehead atoms. The molecule has 1 aromatic rings. The summed E-state index contributed by atoms with van der Waals surface area (Å²) in [7, 11) is 0. The number of Topliss-reactive ketones (excluding diaryl/α,β-unsaturated/α-hetero) is 1. The Balaban J connectivity index is 3.62. The molecule has 1 aromatic carbocycles. The molecule has 0 aliphatic heterocycles. The zero-order chi connectivity index (χ0) is 14.1. The van der Waals surface area contributed by atoms with Gasteiger partial charge in [-0.2, -0.15) is 13.2 Å². The van der Waals surface area contributed by atoms with Gasteiger partial charge >= 0.3 is 6.18 Å². The number of nitro groups is 1. The largest absolute Gasteiger partial charge is 0.418 e. The minimum absolute atomic E-state index is 0.305. The van der Waals surface area contributed by atoms with Gasteiger partial charge in [0.2, 0.25) is 0 Å². The summed E-state index contributed by atoms with van der Waals surface area (Å²) < 4.78 is 37.7. The molecule has 0 saturated heterocycles. The third kappa shape index (κ3) is 2.89. The molecular weight excluding hydrogens is 387 g/mol. The van der Waals surface area contributed by atoms with Crippen LogP contribution in [0.4, 0.5) is 18.9 Å². The standard InChI is InChI=1S/C9H4Br2F3NO3/c10-3-6(16)4-1-2-5(15(17)18)8(11)7(4)9(12,13)14/h1-2H,3H2. The third-order valence-corrected chi connectivity index (χ3v) is 3.34. The quantitative estimate of drug-likeness (QED) is 0.340. The maximum Gasteiger partial charge on any atom is 0.418 e. The first-order chi connectivity index (χ1) is 8.20. The number of rotatable bonds is 3. The van der Waals surface area contributed by atoms with E-state index < -0.39 is 38.2 Å². The van der Waals surface area contributed by atoms with E-state index in [-0.39, 0.29) is 5.33 Å². The van der Waals surface area contributed by atoms with E-state index in [1.165, 1.54) is 0 Å². The van der Waals surface area contributed by atoms with Crippen LogP contribution in [0, 0.1) is 10.1 Å². The first-order valence-electron chi connectivity index (χ1n) is 4.33. The van der Waals surface area contributed by atoms with Crippen LogP contribution in [0.2, 0.25) is 0 Å². The summed E-state index contributed by atoms with van der Waals surface area (Å²) in [6, 6.07) is 1.66. The van der Waals surface area contributed by atoms with Gasteiger partial charge in [-0.15, -0.1) is 0 Å². The van der Waals surface area contributed by atoms with Crippen LogP contribution in [-0.4, -0.2) is 16.0 Å². The smallest absolute Gasteiger partial charge is 0.293 e. The van der Waals surface area contributed by atoms with E-state index in [0.717, 1.165) is 12.1 Å². The number of halogens is 5. The highest BCUT2D eigenvalue weighted by molar-refractivity contribution is 9.10. The van der Waals surface area contributed by atoms with Crippen molar-refractivity contribution < 1.29 is 22.9 Å². The SMILES string of the molecule is O=C(CBr)c1ccc([N+](=O)[O-])c(Br)c1C(F)(F)F. The molecule has 0 fully saturated rings. The van der Waals surface area contributed by atoms with Crippen molar-refractivity contribution >= 4 is 43.3 Å². The molecule has 98 valence electrons. The fraction of sp³-hybridized carbons (Fsp3) is 0.222. The number of nitro benzene ring substituents is 1. The highest BCUT2D eigenvalue weighted by Crippen LogP contribution is 2.41. The zero-order valence-corrected chi connectivity index (χ0v) is 11.6. The number of carbonyl (C=O) groups is 1. The van der Waals surface area contributed by atoms with Crippen molar-refractivity contribution in [2.45, 2.75) is 6.18 Å². The summed E-state index contributed by atoms with van der Waals surface area (Å²) in [4.78, 5) is 21.0. The van der Waals surface area contributed by atoms with Crippen molar-refractivity contribution in [2.75, 3.05) is 5.33 Å². The average molecular weight is 391 g/mol. The fourth-order valence-corrected chi connectivity index (χ4v) is 2.30. The Hall–Kier alpha value is -0.960. The molecule has 0 atom stereocenters. The molecule has 0 radical (unpaired) electrons. The lowest BCUT2D eigenvalue weighted by atomic mass is 10.0. The first-order valence-corrected chi connectivity index (χ1v) is 6.24. The van der Waals surface area contributed by atoms with Crippen LogP contribution in [0.5, 0.6) is 0 Å². The molecular formula is C9H4Br2F3NO3. The van der Waals surface area contributed by atoms with Crippen LogP contribution in [0.25, 0.3) is 0 Å². The van der Waals surface area contributed by atoms with Gasteiger partial charge in [-0.3, -0.25) is 14.9 Å². The van der Waals surface area contributed by atoms with Gasteiger partial charge in [-0.1, -0.05) is 15.9 Å². The molecule has 0 unspecified atom stereocenters. The minimum Gasteiger partial charge on any atom is -0.293 e. The number of nitrogens with zero attached hydrogens (tertiary/aromatic N) is 1. The summed E-state index contributed by atoms with van der Waals surface area (Å²) in [6.07, 6.45) is -4.86. The normalized spacial score (nSPS) is 11.4. The molecule has 0 aromatic heterocycles. The summed E-state index contributed by atoms with van der Waals surface area (Å²) in [5.74, 6) is -0.807. The van der Waals surface area contributed by atoms with Gasteiger partial charge in [0.15, 0.2) is 5.78 Å². The predicted molar refractivity (Wildman–Crippen MR) is 63.9 cm³/mol. The second-order valence-corrected chi connectivity index (χ2v) is 4.49. The Labute approximate surface area is 116 Å². The van der Waals surface area contributed by atoms with E-state index in [0.29, 0.717) is 0 Å². The Morgan fingerprint density at radius 1 is 1.39 bits per heavy atom. The Morgan fingerprint density at radius 2 is 1.94 bits per heavy atom. The first kappa shape index (κ1) is 15.1. The molecule has 0 aliphatic rings. The van der Waals surface area contributed by atoms with Crippen LogP contribution in [0.3, 0.4) is 0 Å². The maximum absolute atomic E-state index is 12.8. The van der Waals surface area contributed by atoms with Gasteiger partial charge in [-0.05, 0) is 22.0 Å². The van der Waals surface area contributed by atoms with Crippen molar-refractivity contribution in [1.82, 2.24) is 0 Å². The summed E-state index contributed by atoms with van der Waals surface area (Å²) >= 11 is 5.30. The lowest BCUT2D eigenvalue weighted by Crippen LogP contribution is -2.15. The van der Waals surface area contributed by atoms with Crippen molar-refractivity contribution in [3.63, 3.8) is 0 Å². The molecule has 4 nitrogen and oxygen atoms in total. The van der Waals surface area contributed by atoms with Gasteiger partial charge in [0.25, 0.3) is 5.69 Å². The third-order valence-electron chi connectivity index (χ3n) is 2.02. The molecule has 0 heterocycles. The number of hydrogen-bond donors (Lipinski definition) is 0. The van der Waals surface area contributed by atoms with Crippen LogP contribution < -0.4 is 0 Å². The van der Waals surface area contributed by atoms with Gasteiger partial charge < -0.3 is 0 Å². The molecule has 1 rings (SSSR count). The highest BCUT2D eigenvalue weighted by atomic mass is 79.9. The second kappa shape index (κ2) is 5.35. The molecule has 9 heteroatoms. The Kier molecular flexibility index (Phi) is 4.49. The summed E-state index contributed by atoms with van der Waals surface area (Å²) in [5.41, 5.74) is -2.69. The molecule has 18 heavy (non-hydrogen) atoms. The Bertz CT molecular complexity index is 517. The van der Waals surface area contributed by atoms with Crippen LogP contribution >= 0.6 is 31.9 Å². The van der Waals surface area contributed by atoms with E-state index in [9.17, 15) is 28.1 Å². The van der Waals surface area contributed by atoms with Gasteiger partial charge in [-0.25, -0.2) is 0 Å². The molecule has 0 amide bonds. The summed E-state index contributed by atoms with van der Waals surface area (Å²) in [5, 5.41) is 10.3. The fourth-order valence-electron chi connectivity index (χ4n) is 1.29. The zero-order valence-electron chi connectivity index (χ0n) is 8.42. The van der Waals surface area contributed by atoms with Crippen molar-refractivity contribution in [3.05, 3.63) is 37.8 Å². The predicted octanol–water partition coefficient (Wildman–Crippen LogP) is 3.95. The van der Waals surface area contributed by atoms with E-state index in [2.05, 4.69) is 31.9 Å². The van der Waals surface area contributed by atoms with Gasteiger partial charge in [0, 0.05) is 11.6 Å². The highest BCUT2D eigenvalue weighted by Gasteiger charge is 2.40. The molecule has 0 N–H and O–H groups in total. The average Bonchev–Trinajstić information content (AvgIpc) is 2.25. The lowest BCUT2D eigenvalue weighted by molar-refractivity contribution is -0.386. The Morgan fingerprint density at radius 3 is 2.33 bits per heavy atom. The number of alkyl halides is 4. The number of hydrogen-bond acceptors (Lipinski definition) is 3. The lowest BCUT2D eigenvalue weighted by Gasteiger charge is -2.13. The van der Waals surface area contributed by atoms with Gasteiger partial charge in [0.1, 0.15) is 4.47 Å². The van der Waals surface area contributed by atoms with Crippen molar-refractivity contribution in [2.24, 2.45) is 0 Å². The molecule has 0 saturated carbocycles. The van der Waals surface area contributed by atoms with Crippen LogP contribution in [0.15, 0.2) is 16.6 Å². The van der Waals surface area contributed by atoms with E-state index >= 15 is 0 Å². The molecule has 0 spiro atoms.